The van der Waals surface area contributed by atoms with Gasteiger partial charge in [-0.05, 0) is 39.6 Å². The first kappa shape index (κ1) is 23.4. The molecule has 1 aromatic rings. The summed E-state index contributed by atoms with van der Waals surface area (Å²) in [5.41, 5.74) is -0.772. The summed E-state index contributed by atoms with van der Waals surface area (Å²) in [7, 11) is 2.96. The summed E-state index contributed by atoms with van der Waals surface area (Å²) in [5, 5.41) is 44.1. The number of rotatable bonds is 2. The molecular weight excluding hydrogens is 456 g/mol. The van der Waals surface area contributed by atoms with E-state index in [4.69, 9.17) is 17.3 Å². The first-order valence-corrected chi connectivity index (χ1v) is 10.6. The summed E-state index contributed by atoms with van der Waals surface area (Å²) in [4.78, 5) is 53.5. The minimum Gasteiger partial charge on any atom is -0.508 e. The number of aliphatic hydroxyl groups excluding tert-OH is 1. The van der Waals surface area contributed by atoms with E-state index in [1.807, 2.05) is 0 Å². The molecular formula is C22H23ClN2O8. The maximum atomic E-state index is 13.7. The number of ketones is 3. The molecule has 1 aromatic carbocycles. The van der Waals surface area contributed by atoms with Crippen LogP contribution in [0.25, 0.3) is 0 Å². The molecule has 3 aliphatic rings. The van der Waals surface area contributed by atoms with Gasteiger partial charge in [-0.15, -0.1) is 0 Å². The van der Waals surface area contributed by atoms with Crippen LogP contribution in [-0.2, 0) is 20.0 Å². The number of phenols is 1. The van der Waals surface area contributed by atoms with E-state index in [1.165, 1.54) is 32.0 Å². The second-order valence-electron chi connectivity index (χ2n) is 9.25. The lowest BCUT2D eigenvalue weighted by Crippen LogP contribution is -2.69. The molecule has 1 unspecified atom stereocenters. The Morgan fingerprint density at radius 2 is 1.73 bits per heavy atom. The fourth-order valence-corrected chi connectivity index (χ4v) is 6.16. The van der Waals surface area contributed by atoms with Crippen LogP contribution in [0.4, 0.5) is 0 Å². The molecule has 10 nitrogen and oxygen atoms in total. The molecule has 0 aromatic heterocycles. The number of nitrogens with two attached hydrogens (primary N) is 1. The molecule has 4 rings (SSSR count). The standard InChI is InChI=1S/C22H23ClN2O8/c1-21(32)7-6-8-15(25(2)3)17(28)13(20(24)31)19(30)22(8,33)18(29)11(7)16(27)12-10(26)5-4-9(23)14(12)21/h4-5,7-8,11,15,26,30,32-33H,6H2,1-3H3,(H2,24,31)/t7-,8-,11?,15-,21+,22+/m0/s1. The highest BCUT2D eigenvalue weighted by molar-refractivity contribution is 6.33. The number of benzene rings is 1. The van der Waals surface area contributed by atoms with E-state index in [0.29, 0.717) is 0 Å². The van der Waals surface area contributed by atoms with Crippen molar-refractivity contribution in [3.63, 3.8) is 0 Å². The van der Waals surface area contributed by atoms with Crippen molar-refractivity contribution in [3.8, 4) is 5.75 Å². The van der Waals surface area contributed by atoms with Crippen LogP contribution in [0.1, 0.15) is 29.3 Å². The van der Waals surface area contributed by atoms with Crippen molar-refractivity contribution in [1.29, 1.82) is 0 Å². The van der Waals surface area contributed by atoms with Gasteiger partial charge in [0.15, 0.2) is 23.0 Å². The van der Waals surface area contributed by atoms with E-state index in [2.05, 4.69) is 0 Å². The summed E-state index contributed by atoms with van der Waals surface area (Å²) >= 11 is 6.26. The summed E-state index contributed by atoms with van der Waals surface area (Å²) in [6.07, 6.45) is -0.262. The number of amides is 1. The highest BCUT2D eigenvalue weighted by Crippen LogP contribution is 2.57. The molecule has 0 saturated heterocycles. The number of carbonyl (C=O) groups is 4. The van der Waals surface area contributed by atoms with Crippen molar-refractivity contribution < 1.29 is 39.6 Å². The number of hydrogen-bond donors (Lipinski definition) is 5. The number of aromatic hydroxyl groups is 1. The predicted molar refractivity (Wildman–Crippen MR) is 113 cm³/mol. The van der Waals surface area contributed by atoms with Crippen molar-refractivity contribution >= 4 is 34.9 Å². The number of halogens is 1. The lowest BCUT2D eigenvalue weighted by molar-refractivity contribution is -0.174. The van der Waals surface area contributed by atoms with Gasteiger partial charge in [-0.25, -0.2) is 0 Å². The maximum absolute atomic E-state index is 13.7. The predicted octanol–water partition coefficient (Wildman–Crippen LogP) is -0.188. The van der Waals surface area contributed by atoms with Crippen LogP contribution in [-0.4, -0.2) is 74.3 Å². The highest BCUT2D eigenvalue weighted by Gasteiger charge is 2.69. The third-order valence-corrected chi connectivity index (χ3v) is 7.61. The number of hydrogen-bond acceptors (Lipinski definition) is 9. The van der Waals surface area contributed by atoms with Crippen LogP contribution in [0.2, 0.25) is 5.02 Å². The summed E-state index contributed by atoms with van der Waals surface area (Å²) < 4.78 is 0. The second kappa shape index (κ2) is 7.10. The molecule has 6 atom stereocenters. The Morgan fingerprint density at radius 1 is 1.12 bits per heavy atom. The fourth-order valence-electron chi connectivity index (χ4n) is 5.81. The fraction of sp³-hybridized carbons (Fsp3) is 0.455. The number of aliphatic hydroxyl groups is 3. The Morgan fingerprint density at radius 3 is 2.27 bits per heavy atom. The van der Waals surface area contributed by atoms with Gasteiger partial charge in [-0.2, -0.15) is 0 Å². The average Bonchev–Trinajstić information content (AvgIpc) is 2.69. The number of phenolic OH excluding ortho intramolecular Hbond substituents is 1. The minimum atomic E-state index is -2.79. The molecule has 0 bridgehead atoms. The van der Waals surface area contributed by atoms with Crippen LogP contribution in [0.5, 0.6) is 5.75 Å². The van der Waals surface area contributed by atoms with Crippen molar-refractivity contribution in [3.05, 3.63) is 39.6 Å². The molecule has 11 heteroatoms. The lowest BCUT2D eigenvalue weighted by Gasteiger charge is -2.54. The van der Waals surface area contributed by atoms with E-state index < -0.39 is 75.3 Å². The van der Waals surface area contributed by atoms with Gasteiger partial charge in [0.05, 0.1) is 23.1 Å². The van der Waals surface area contributed by atoms with Gasteiger partial charge in [-0.3, -0.25) is 24.1 Å². The molecule has 0 heterocycles. The Hall–Kier alpha value is -2.79. The van der Waals surface area contributed by atoms with E-state index >= 15 is 0 Å². The monoisotopic (exact) mass is 478 g/mol. The number of fused-ring (bicyclic) bond motifs is 3. The Labute approximate surface area is 193 Å². The van der Waals surface area contributed by atoms with E-state index in [9.17, 15) is 39.6 Å². The smallest absolute Gasteiger partial charge is 0.255 e. The zero-order chi connectivity index (χ0) is 24.8. The molecule has 176 valence electrons. The lowest BCUT2D eigenvalue weighted by atomic mass is 9.51. The maximum Gasteiger partial charge on any atom is 0.255 e. The van der Waals surface area contributed by atoms with Gasteiger partial charge in [0.1, 0.15) is 17.1 Å². The van der Waals surface area contributed by atoms with Crippen molar-refractivity contribution in [1.82, 2.24) is 4.90 Å². The molecule has 0 radical (unpaired) electrons. The Balaban J connectivity index is 2.01. The van der Waals surface area contributed by atoms with Crippen LogP contribution in [0.15, 0.2) is 23.5 Å². The minimum absolute atomic E-state index is 0.00415. The van der Waals surface area contributed by atoms with Crippen molar-refractivity contribution in [2.45, 2.75) is 30.6 Å². The van der Waals surface area contributed by atoms with E-state index in [1.54, 1.807) is 0 Å². The summed E-state index contributed by atoms with van der Waals surface area (Å²) in [6, 6.07) is 1.19. The van der Waals surface area contributed by atoms with E-state index in [-0.39, 0.29) is 22.6 Å². The highest BCUT2D eigenvalue weighted by atomic mass is 35.5. The Kier molecular flexibility index (Phi) is 5.03. The summed E-state index contributed by atoms with van der Waals surface area (Å²) in [6.45, 7) is 1.33. The molecule has 1 fully saturated rings. The van der Waals surface area contributed by atoms with Gasteiger partial charge >= 0.3 is 0 Å². The molecule has 1 saturated carbocycles. The number of Topliss-reactive ketones (excluding diaryl/α,β-unsaturated/α-hetero) is 3. The number of nitrogens with zero attached hydrogens (tertiary/aromatic N) is 1. The van der Waals surface area contributed by atoms with Gasteiger partial charge in [0.25, 0.3) is 5.91 Å². The van der Waals surface area contributed by atoms with Crippen molar-refractivity contribution in [2.24, 2.45) is 23.5 Å². The molecule has 6 N–H and O–H groups in total. The van der Waals surface area contributed by atoms with Gasteiger partial charge < -0.3 is 26.2 Å². The average molecular weight is 479 g/mol. The van der Waals surface area contributed by atoms with Gasteiger partial charge in [-0.1, -0.05) is 11.6 Å². The number of carbonyl (C=O) groups excluding carboxylic acids is 4. The summed E-state index contributed by atoms with van der Waals surface area (Å²) in [5.74, 6) is -10.2. The van der Waals surface area contributed by atoms with Crippen LogP contribution >= 0.6 is 11.6 Å². The quantitative estimate of drug-likeness (QED) is 0.284. The van der Waals surface area contributed by atoms with Gasteiger partial charge in [0, 0.05) is 22.4 Å². The first-order chi connectivity index (χ1) is 15.2. The third kappa shape index (κ3) is 2.78. The molecule has 0 spiro atoms. The first-order valence-electron chi connectivity index (χ1n) is 10.2. The van der Waals surface area contributed by atoms with Crippen LogP contribution in [0.3, 0.4) is 0 Å². The normalized spacial score (nSPS) is 35.9. The topological polar surface area (TPSA) is 178 Å². The SMILES string of the molecule is CN(C)[C@@H]1C(=O)C(C(N)=O)=C(O)[C@]2(O)C(=O)C3C(=O)c4c(O)ccc(Cl)c4[C@](C)(O)[C@H]3C[C@@H]12. The zero-order valence-corrected chi connectivity index (χ0v) is 18.8. The molecule has 33 heavy (non-hydrogen) atoms. The van der Waals surface area contributed by atoms with Gasteiger partial charge in [0.2, 0.25) is 0 Å². The third-order valence-electron chi connectivity index (χ3n) is 7.29. The van der Waals surface area contributed by atoms with E-state index in [0.717, 1.165) is 6.07 Å². The van der Waals surface area contributed by atoms with Crippen LogP contribution in [0, 0.1) is 17.8 Å². The molecule has 1 amide bonds. The Bertz CT molecular complexity index is 1170. The van der Waals surface area contributed by atoms with Crippen LogP contribution < -0.4 is 5.73 Å². The largest absolute Gasteiger partial charge is 0.508 e. The zero-order valence-electron chi connectivity index (χ0n) is 18.0. The van der Waals surface area contributed by atoms with Crippen molar-refractivity contribution in [2.75, 3.05) is 14.1 Å². The second-order valence-corrected chi connectivity index (χ2v) is 9.65. The number of primary amides is 1. The molecule has 3 aliphatic carbocycles. The molecule has 0 aliphatic heterocycles. The number of likely N-dealkylation sites (N-methyl/N-ethyl adjacent to an activating group) is 1.